The number of anilines is 1. The first-order valence-electron chi connectivity index (χ1n) is 10.1. The largest absolute Gasteiger partial charge is 0.370 e. The highest BCUT2D eigenvalue weighted by atomic mass is 16.1. The molecular formula is C25H22N2O. The number of rotatable bonds is 2. The molecule has 0 amide bonds. The topological polar surface area (TPSA) is 44.1 Å². The molecule has 3 aromatic rings. The SMILES string of the molecule is N#Cc1c(N2CCCC2)cc(-c2ccc3ccccc3c2)c2c1CCC(=O)C2. The van der Waals surface area contributed by atoms with Crippen molar-refractivity contribution in [1.29, 1.82) is 5.26 Å². The first kappa shape index (κ1) is 17.0. The highest BCUT2D eigenvalue weighted by Gasteiger charge is 2.27. The molecule has 5 rings (SSSR count). The highest BCUT2D eigenvalue weighted by Crippen LogP contribution is 2.40. The molecular weight excluding hydrogens is 344 g/mol. The molecule has 1 aliphatic heterocycles. The first-order chi connectivity index (χ1) is 13.7. The molecule has 0 spiro atoms. The standard InChI is InChI=1S/C25H22N2O/c26-16-24-21-10-9-20(28)14-23(21)22(15-25(24)27-11-3-4-12-27)19-8-7-17-5-1-2-6-18(17)13-19/h1-2,5-8,13,15H,3-4,9-12,14H2. The van der Waals surface area contributed by atoms with Gasteiger partial charge in [0.2, 0.25) is 0 Å². The van der Waals surface area contributed by atoms with Gasteiger partial charge in [0, 0.05) is 25.9 Å². The van der Waals surface area contributed by atoms with Crippen LogP contribution in [0.4, 0.5) is 5.69 Å². The summed E-state index contributed by atoms with van der Waals surface area (Å²) in [5.41, 5.74) is 6.25. The van der Waals surface area contributed by atoms with E-state index >= 15 is 0 Å². The Morgan fingerprint density at radius 1 is 0.893 bits per heavy atom. The minimum atomic E-state index is 0.271. The number of ketones is 1. The molecule has 1 fully saturated rings. The molecule has 0 N–H and O–H groups in total. The zero-order chi connectivity index (χ0) is 19.1. The molecule has 1 aliphatic carbocycles. The Bertz CT molecular complexity index is 1130. The lowest BCUT2D eigenvalue weighted by Crippen LogP contribution is -2.22. The summed E-state index contributed by atoms with van der Waals surface area (Å²) in [6, 6.07) is 19.5. The Morgan fingerprint density at radius 3 is 2.46 bits per heavy atom. The van der Waals surface area contributed by atoms with Gasteiger partial charge in [0.05, 0.1) is 11.3 Å². The Kier molecular flexibility index (Phi) is 4.13. The quantitative estimate of drug-likeness (QED) is 0.638. The second-order valence-corrected chi connectivity index (χ2v) is 7.86. The van der Waals surface area contributed by atoms with Crippen molar-refractivity contribution in [3.05, 3.63) is 65.2 Å². The van der Waals surface area contributed by atoms with Crippen LogP contribution < -0.4 is 4.90 Å². The van der Waals surface area contributed by atoms with Gasteiger partial charge in [-0.05, 0) is 64.4 Å². The van der Waals surface area contributed by atoms with Gasteiger partial charge in [0.1, 0.15) is 11.9 Å². The number of Topliss-reactive ketones (excluding diaryl/α,β-unsaturated/α-hetero) is 1. The molecule has 3 nitrogen and oxygen atoms in total. The maximum absolute atomic E-state index is 12.3. The van der Waals surface area contributed by atoms with Gasteiger partial charge in [-0.1, -0.05) is 36.4 Å². The molecule has 0 saturated carbocycles. The molecule has 2 aliphatic rings. The molecule has 0 radical (unpaired) electrons. The van der Waals surface area contributed by atoms with E-state index in [-0.39, 0.29) is 5.78 Å². The van der Waals surface area contributed by atoms with Gasteiger partial charge in [-0.2, -0.15) is 5.26 Å². The Morgan fingerprint density at radius 2 is 1.68 bits per heavy atom. The molecule has 1 saturated heterocycles. The minimum Gasteiger partial charge on any atom is -0.370 e. The molecule has 138 valence electrons. The lowest BCUT2D eigenvalue weighted by molar-refractivity contribution is -0.118. The van der Waals surface area contributed by atoms with Gasteiger partial charge in [-0.3, -0.25) is 4.79 Å². The number of fused-ring (bicyclic) bond motifs is 2. The lowest BCUT2D eigenvalue weighted by Gasteiger charge is -2.27. The summed E-state index contributed by atoms with van der Waals surface area (Å²) in [5.74, 6) is 0.271. The van der Waals surface area contributed by atoms with E-state index in [1.807, 2.05) is 0 Å². The molecule has 0 aromatic heterocycles. The van der Waals surface area contributed by atoms with Gasteiger partial charge in [0.15, 0.2) is 0 Å². The van der Waals surface area contributed by atoms with E-state index in [9.17, 15) is 10.1 Å². The number of carbonyl (C=O) groups is 1. The van der Waals surface area contributed by atoms with Crippen LogP contribution in [-0.4, -0.2) is 18.9 Å². The average Bonchev–Trinajstić information content (AvgIpc) is 3.27. The third-order valence-corrected chi connectivity index (χ3v) is 6.18. The second-order valence-electron chi connectivity index (χ2n) is 7.86. The third-order valence-electron chi connectivity index (χ3n) is 6.18. The van der Waals surface area contributed by atoms with Gasteiger partial charge >= 0.3 is 0 Å². The fourth-order valence-corrected chi connectivity index (χ4v) is 4.74. The zero-order valence-corrected chi connectivity index (χ0v) is 15.9. The van der Waals surface area contributed by atoms with E-state index in [1.54, 1.807) is 0 Å². The van der Waals surface area contributed by atoms with E-state index in [1.165, 1.54) is 23.6 Å². The number of nitriles is 1. The van der Waals surface area contributed by atoms with Crippen molar-refractivity contribution in [2.75, 3.05) is 18.0 Å². The predicted molar refractivity (Wildman–Crippen MR) is 113 cm³/mol. The Labute approximate surface area is 165 Å². The van der Waals surface area contributed by atoms with Crippen LogP contribution in [-0.2, 0) is 17.6 Å². The van der Waals surface area contributed by atoms with Gasteiger partial charge in [-0.15, -0.1) is 0 Å². The van der Waals surface area contributed by atoms with Gasteiger partial charge < -0.3 is 4.90 Å². The summed E-state index contributed by atoms with van der Waals surface area (Å²) in [5, 5.41) is 12.4. The van der Waals surface area contributed by atoms with Crippen molar-refractivity contribution in [1.82, 2.24) is 0 Å². The molecule has 1 heterocycles. The highest BCUT2D eigenvalue weighted by molar-refractivity contribution is 5.92. The van der Waals surface area contributed by atoms with Crippen molar-refractivity contribution in [2.45, 2.75) is 32.1 Å². The number of carbonyl (C=O) groups excluding carboxylic acids is 1. The Balaban J connectivity index is 1.76. The van der Waals surface area contributed by atoms with Crippen LogP contribution in [0.2, 0.25) is 0 Å². The maximum atomic E-state index is 12.3. The van der Waals surface area contributed by atoms with Crippen molar-refractivity contribution >= 4 is 22.2 Å². The number of hydrogen-bond acceptors (Lipinski definition) is 3. The fourth-order valence-electron chi connectivity index (χ4n) is 4.74. The summed E-state index contributed by atoms with van der Waals surface area (Å²) >= 11 is 0. The van der Waals surface area contributed by atoms with Crippen molar-refractivity contribution in [3.8, 4) is 17.2 Å². The van der Waals surface area contributed by atoms with Crippen LogP contribution in [0.3, 0.4) is 0 Å². The number of hydrogen-bond donors (Lipinski definition) is 0. The van der Waals surface area contributed by atoms with Crippen LogP contribution >= 0.6 is 0 Å². The van der Waals surface area contributed by atoms with Crippen LogP contribution in [0.1, 0.15) is 36.0 Å². The van der Waals surface area contributed by atoms with E-state index in [2.05, 4.69) is 59.5 Å². The van der Waals surface area contributed by atoms with Crippen molar-refractivity contribution in [2.24, 2.45) is 0 Å². The average molecular weight is 366 g/mol. The zero-order valence-electron chi connectivity index (χ0n) is 15.9. The molecule has 3 aromatic carbocycles. The van der Waals surface area contributed by atoms with Crippen molar-refractivity contribution in [3.63, 3.8) is 0 Å². The van der Waals surface area contributed by atoms with E-state index < -0.39 is 0 Å². The number of nitrogens with zero attached hydrogens (tertiary/aromatic N) is 2. The molecule has 28 heavy (non-hydrogen) atoms. The summed E-state index contributed by atoms with van der Waals surface area (Å²) < 4.78 is 0. The van der Waals surface area contributed by atoms with Crippen LogP contribution in [0.5, 0.6) is 0 Å². The van der Waals surface area contributed by atoms with Crippen LogP contribution in [0, 0.1) is 11.3 Å². The van der Waals surface area contributed by atoms with Gasteiger partial charge in [-0.25, -0.2) is 0 Å². The Hall–Kier alpha value is -3.12. The first-order valence-corrected chi connectivity index (χ1v) is 10.1. The molecule has 0 unspecified atom stereocenters. The summed E-state index contributed by atoms with van der Waals surface area (Å²) in [6.07, 6.45) is 4.01. The van der Waals surface area contributed by atoms with Crippen LogP contribution in [0.25, 0.3) is 21.9 Å². The summed E-state index contributed by atoms with van der Waals surface area (Å²) in [7, 11) is 0. The maximum Gasteiger partial charge on any atom is 0.137 e. The second kappa shape index (κ2) is 6.80. The van der Waals surface area contributed by atoms with E-state index in [0.29, 0.717) is 19.3 Å². The number of benzene rings is 3. The van der Waals surface area contributed by atoms with E-state index in [0.717, 1.165) is 46.6 Å². The molecule has 0 bridgehead atoms. The molecule has 0 atom stereocenters. The predicted octanol–water partition coefficient (Wildman–Crippen LogP) is 5.04. The normalized spacial score (nSPS) is 16.2. The lowest BCUT2D eigenvalue weighted by atomic mass is 9.81. The monoisotopic (exact) mass is 366 g/mol. The van der Waals surface area contributed by atoms with Gasteiger partial charge in [0.25, 0.3) is 0 Å². The van der Waals surface area contributed by atoms with E-state index in [4.69, 9.17) is 0 Å². The summed E-state index contributed by atoms with van der Waals surface area (Å²) in [6.45, 7) is 2.01. The fraction of sp³-hybridized carbons (Fsp3) is 0.280. The minimum absolute atomic E-state index is 0.271. The smallest absolute Gasteiger partial charge is 0.137 e. The van der Waals surface area contributed by atoms with Crippen LogP contribution in [0.15, 0.2) is 48.5 Å². The molecule has 3 heteroatoms. The van der Waals surface area contributed by atoms with Crippen molar-refractivity contribution < 1.29 is 4.79 Å². The third kappa shape index (κ3) is 2.77. The summed E-state index contributed by atoms with van der Waals surface area (Å²) in [4.78, 5) is 14.6.